The van der Waals surface area contributed by atoms with E-state index >= 15 is 0 Å². The predicted octanol–water partition coefficient (Wildman–Crippen LogP) is 1.63. The molecule has 2 aliphatic heterocycles. The van der Waals surface area contributed by atoms with Gasteiger partial charge in [0.2, 0.25) is 0 Å². The third kappa shape index (κ3) is 3.45. The molecule has 2 unspecified atom stereocenters. The van der Waals surface area contributed by atoms with Gasteiger partial charge >= 0.3 is 0 Å². The van der Waals surface area contributed by atoms with Gasteiger partial charge in [0.15, 0.2) is 5.17 Å². The molecule has 0 spiro atoms. The number of allylic oxidation sites excluding steroid dienone is 1. The first kappa shape index (κ1) is 18.4. The number of amidine groups is 1. The number of halogens is 1. The lowest BCUT2D eigenvalue weighted by atomic mass is 10.0. The van der Waals surface area contributed by atoms with Gasteiger partial charge in [0.25, 0.3) is 0 Å². The molecule has 0 aliphatic carbocycles. The van der Waals surface area contributed by atoms with Gasteiger partial charge in [0.05, 0.1) is 5.56 Å². The molecule has 2 saturated heterocycles. The average Bonchev–Trinajstić information content (AvgIpc) is 3.17. The number of nitrogens with one attached hydrogen (secondary N) is 4. The first-order valence-electron chi connectivity index (χ1n) is 8.20. The van der Waals surface area contributed by atoms with Crippen LogP contribution in [0.15, 0.2) is 18.3 Å². The Morgan fingerprint density at radius 2 is 1.96 bits per heavy atom. The summed E-state index contributed by atoms with van der Waals surface area (Å²) in [6.07, 6.45) is 2.11. The van der Waals surface area contributed by atoms with Crippen LogP contribution in [-0.2, 0) is 0 Å². The second-order valence-corrected chi connectivity index (χ2v) is 7.44. The molecule has 7 N–H and O–H groups in total. The lowest BCUT2D eigenvalue weighted by Crippen LogP contribution is -2.30. The summed E-state index contributed by atoms with van der Waals surface area (Å²) < 4.78 is 14.5. The van der Waals surface area contributed by atoms with E-state index in [9.17, 15) is 9.50 Å². The normalized spacial score (nSPS) is 22.3. The quantitative estimate of drug-likeness (QED) is 0.352. The van der Waals surface area contributed by atoms with Crippen LogP contribution in [0.1, 0.15) is 11.1 Å². The molecule has 9 heteroatoms. The number of benzene rings is 1. The Morgan fingerprint density at radius 3 is 2.50 bits per heavy atom. The number of phenols is 1. The van der Waals surface area contributed by atoms with Gasteiger partial charge < -0.3 is 26.5 Å². The number of phenolic OH excluding ortho intramolecular Hbond substituents is 1. The Labute approximate surface area is 155 Å². The molecular weight excluding hydrogens is 355 g/mol. The van der Waals surface area contributed by atoms with Crippen molar-refractivity contribution in [1.29, 1.82) is 16.2 Å². The van der Waals surface area contributed by atoms with Gasteiger partial charge in [-0.15, -0.1) is 0 Å². The monoisotopic (exact) mass is 376 g/mol. The standard InChI is InChI=1S/C17H21FN6OS/c18-13-1-9(10(3-19)4-20)2-14(25)15(13)16(21)26-17(22)24-7-11-5-23-6-12(11)8-24/h1-4,11-12,19,21-23,25H,5-8,20H2. The zero-order chi connectivity index (χ0) is 18.8. The third-order valence-electron chi connectivity index (χ3n) is 4.84. The van der Waals surface area contributed by atoms with Gasteiger partial charge in [-0.25, -0.2) is 4.39 Å². The first-order chi connectivity index (χ1) is 12.4. The maximum Gasteiger partial charge on any atom is 0.162 e. The second-order valence-electron chi connectivity index (χ2n) is 6.44. The SMILES string of the molecule is N=CC(=CN)c1cc(O)c(C(=N)SC(=N)N2CC3CNCC3C2)c(F)c1. The van der Waals surface area contributed by atoms with Crippen LogP contribution >= 0.6 is 11.8 Å². The molecule has 0 amide bonds. The number of aromatic hydroxyl groups is 1. The smallest absolute Gasteiger partial charge is 0.162 e. The fourth-order valence-electron chi connectivity index (χ4n) is 3.44. The van der Waals surface area contributed by atoms with Gasteiger partial charge in [-0.3, -0.25) is 10.8 Å². The summed E-state index contributed by atoms with van der Waals surface area (Å²) in [7, 11) is 0. The average molecular weight is 376 g/mol. The van der Waals surface area contributed by atoms with Crippen LogP contribution < -0.4 is 11.1 Å². The predicted molar refractivity (Wildman–Crippen MR) is 103 cm³/mol. The lowest BCUT2D eigenvalue weighted by molar-refractivity contribution is 0.467. The summed E-state index contributed by atoms with van der Waals surface area (Å²) in [5.74, 6) is -0.169. The Kier molecular flexibility index (Phi) is 5.28. The maximum absolute atomic E-state index is 14.5. The topological polar surface area (TPSA) is 133 Å². The molecule has 138 valence electrons. The molecule has 7 nitrogen and oxygen atoms in total. The summed E-state index contributed by atoms with van der Waals surface area (Å²) in [6, 6.07) is 2.40. The molecule has 1 aromatic carbocycles. The number of rotatable bonds is 3. The molecule has 2 fully saturated rings. The highest BCUT2D eigenvalue weighted by molar-refractivity contribution is 8.26. The zero-order valence-electron chi connectivity index (χ0n) is 14.1. The summed E-state index contributed by atoms with van der Waals surface area (Å²) >= 11 is 0.831. The van der Waals surface area contributed by atoms with Gasteiger partial charge in [-0.2, -0.15) is 0 Å². The van der Waals surface area contributed by atoms with E-state index < -0.39 is 11.6 Å². The van der Waals surface area contributed by atoms with E-state index in [4.69, 9.17) is 22.0 Å². The molecule has 26 heavy (non-hydrogen) atoms. The van der Waals surface area contributed by atoms with E-state index in [0.29, 0.717) is 11.8 Å². The number of likely N-dealkylation sites (tertiary alicyclic amines) is 1. The number of fused-ring (bicyclic) bond motifs is 1. The summed E-state index contributed by atoms with van der Waals surface area (Å²) in [6.45, 7) is 3.40. The van der Waals surface area contributed by atoms with Crippen molar-refractivity contribution in [3.05, 3.63) is 35.3 Å². The highest BCUT2D eigenvalue weighted by atomic mass is 32.2. The molecule has 2 heterocycles. The van der Waals surface area contributed by atoms with Crippen molar-refractivity contribution in [1.82, 2.24) is 10.2 Å². The first-order valence-corrected chi connectivity index (χ1v) is 9.02. The minimum Gasteiger partial charge on any atom is -0.507 e. The highest BCUT2D eigenvalue weighted by Crippen LogP contribution is 2.32. The van der Waals surface area contributed by atoms with Crippen molar-refractivity contribution in [3.63, 3.8) is 0 Å². The number of nitrogens with zero attached hydrogens (tertiary/aromatic N) is 1. The van der Waals surface area contributed by atoms with Crippen LogP contribution in [0.5, 0.6) is 5.75 Å². The van der Waals surface area contributed by atoms with E-state index in [1.54, 1.807) is 0 Å². The molecule has 0 aromatic heterocycles. The van der Waals surface area contributed by atoms with Crippen LogP contribution in [0, 0.1) is 33.9 Å². The van der Waals surface area contributed by atoms with E-state index in [2.05, 4.69) is 5.32 Å². The van der Waals surface area contributed by atoms with Crippen molar-refractivity contribution in [2.24, 2.45) is 17.6 Å². The molecule has 1 aromatic rings. The van der Waals surface area contributed by atoms with E-state index in [1.807, 2.05) is 4.90 Å². The van der Waals surface area contributed by atoms with Crippen molar-refractivity contribution in [2.45, 2.75) is 0 Å². The summed E-state index contributed by atoms with van der Waals surface area (Å²) in [5, 5.41) is 37.1. The number of hydrogen-bond acceptors (Lipinski definition) is 7. The van der Waals surface area contributed by atoms with Crippen LogP contribution in [0.3, 0.4) is 0 Å². The van der Waals surface area contributed by atoms with Crippen molar-refractivity contribution < 1.29 is 9.50 Å². The maximum atomic E-state index is 14.5. The zero-order valence-corrected chi connectivity index (χ0v) is 14.9. The van der Waals surface area contributed by atoms with Crippen molar-refractivity contribution in [2.75, 3.05) is 26.2 Å². The summed E-state index contributed by atoms with van der Waals surface area (Å²) in [5.41, 5.74) is 5.66. The van der Waals surface area contributed by atoms with Gasteiger partial charge in [0.1, 0.15) is 16.6 Å². The second kappa shape index (κ2) is 7.46. The van der Waals surface area contributed by atoms with Gasteiger partial charge in [-0.1, -0.05) is 0 Å². The lowest BCUT2D eigenvalue weighted by Gasteiger charge is -2.20. The molecule has 3 rings (SSSR count). The van der Waals surface area contributed by atoms with Crippen LogP contribution in [0.4, 0.5) is 4.39 Å². The van der Waals surface area contributed by atoms with E-state index in [1.165, 1.54) is 6.07 Å². The minimum absolute atomic E-state index is 0.189. The summed E-state index contributed by atoms with van der Waals surface area (Å²) in [4.78, 5) is 1.91. The molecule has 2 aliphatic rings. The van der Waals surface area contributed by atoms with Gasteiger partial charge in [-0.05, 0) is 41.3 Å². The largest absolute Gasteiger partial charge is 0.507 e. The number of thioether (sulfide) groups is 1. The van der Waals surface area contributed by atoms with Crippen LogP contribution in [0.25, 0.3) is 5.57 Å². The third-order valence-corrected chi connectivity index (χ3v) is 5.70. The Hall–Kier alpha value is -2.39. The Bertz CT molecular complexity index is 760. The fraction of sp³-hybridized carbons (Fsp3) is 0.353. The Morgan fingerprint density at radius 1 is 1.31 bits per heavy atom. The van der Waals surface area contributed by atoms with E-state index in [-0.39, 0.29) is 26.9 Å². The highest BCUT2D eigenvalue weighted by Gasteiger charge is 2.37. The van der Waals surface area contributed by atoms with Crippen LogP contribution in [-0.4, -0.2) is 52.6 Å². The minimum atomic E-state index is -0.783. The number of nitrogens with two attached hydrogens (primary N) is 1. The number of hydrogen-bond donors (Lipinski definition) is 6. The molecule has 0 bridgehead atoms. The van der Waals surface area contributed by atoms with Gasteiger partial charge in [0, 0.05) is 44.2 Å². The fourth-order valence-corrected chi connectivity index (χ4v) is 4.22. The molecule has 0 radical (unpaired) electrons. The van der Waals surface area contributed by atoms with Crippen LogP contribution in [0.2, 0.25) is 0 Å². The molecule has 2 atom stereocenters. The van der Waals surface area contributed by atoms with Crippen molar-refractivity contribution >= 4 is 33.8 Å². The van der Waals surface area contributed by atoms with Crippen molar-refractivity contribution in [3.8, 4) is 5.75 Å². The Balaban J connectivity index is 1.73. The molecule has 0 saturated carbocycles. The molecular formula is C17H21FN6OS. The van der Waals surface area contributed by atoms with E-state index in [0.717, 1.165) is 56.4 Å².